The molecule has 106 valence electrons. The standard InChI is InChI=1S/C11H20N6O2/c1-5-15(6-2)9-12-10(16(7-3)8-4)14-11(13-9)17(18)19/h5-8H2,1-4H3. The second-order valence-electron chi connectivity index (χ2n) is 3.84. The quantitative estimate of drug-likeness (QED) is 0.546. The van der Waals surface area contributed by atoms with E-state index in [1.54, 1.807) is 0 Å². The smallest absolute Gasteiger partial charge is 0.390 e. The second kappa shape index (κ2) is 6.81. The average molecular weight is 268 g/mol. The molecule has 0 aliphatic rings. The molecule has 0 N–H and O–H groups in total. The SMILES string of the molecule is CCN(CC)c1nc(N(CC)CC)nc([N+](=O)[O-])n1. The first kappa shape index (κ1) is 15.1. The molecule has 1 aromatic rings. The van der Waals surface area contributed by atoms with Crippen molar-refractivity contribution in [2.45, 2.75) is 27.7 Å². The first-order valence-electron chi connectivity index (χ1n) is 6.47. The molecule has 1 heterocycles. The molecule has 19 heavy (non-hydrogen) atoms. The van der Waals surface area contributed by atoms with Crippen molar-refractivity contribution < 1.29 is 4.92 Å². The molecule has 0 aliphatic carbocycles. The zero-order valence-corrected chi connectivity index (χ0v) is 11.8. The summed E-state index contributed by atoms with van der Waals surface area (Å²) in [5, 5.41) is 10.9. The number of anilines is 2. The maximum atomic E-state index is 10.9. The summed E-state index contributed by atoms with van der Waals surface area (Å²) >= 11 is 0. The molecular weight excluding hydrogens is 248 g/mol. The van der Waals surface area contributed by atoms with Crippen LogP contribution in [0.25, 0.3) is 0 Å². The average Bonchev–Trinajstić information content (AvgIpc) is 2.41. The van der Waals surface area contributed by atoms with Gasteiger partial charge in [-0.1, -0.05) is 0 Å². The summed E-state index contributed by atoms with van der Waals surface area (Å²) in [5.74, 6) is 0.306. The summed E-state index contributed by atoms with van der Waals surface area (Å²) in [5.41, 5.74) is 0. The molecule has 0 radical (unpaired) electrons. The molecule has 0 aromatic carbocycles. The lowest BCUT2D eigenvalue weighted by Crippen LogP contribution is -2.29. The van der Waals surface area contributed by atoms with E-state index >= 15 is 0 Å². The molecule has 1 aromatic heterocycles. The van der Waals surface area contributed by atoms with E-state index in [1.165, 1.54) is 0 Å². The number of hydrogen-bond acceptors (Lipinski definition) is 7. The monoisotopic (exact) mass is 268 g/mol. The zero-order chi connectivity index (χ0) is 14.4. The van der Waals surface area contributed by atoms with Gasteiger partial charge in [0.25, 0.3) is 0 Å². The van der Waals surface area contributed by atoms with Gasteiger partial charge in [0.1, 0.15) is 0 Å². The molecule has 8 heteroatoms. The van der Waals surface area contributed by atoms with Gasteiger partial charge in [0, 0.05) is 26.2 Å². The van der Waals surface area contributed by atoms with E-state index in [2.05, 4.69) is 15.0 Å². The lowest BCUT2D eigenvalue weighted by Gasteiger charge is -2.19. The molecule has 0 saturated heterocycles. The fourth-order valence-corrected chi connectivity index (χ4v) is 1.72. The van der Waals surface area contributed by atoms with Gasteiger partial charge in [-0.3, -0.25) is 0 Å². The molecule has 1 rings (SSSR count). The summed E-state index contributed by atoms with van der Waals surface area (Å²) in [7, 11) is 0. The summed E-state index contributed by atoms with van der Waals surface area (Å²) < 4.78 is 0. The van der Waals surface area contributed by atoms with Gasteiger partial charge >= 0.3 is 17.8 Å². The highest BCUT2D eigenvalue weighted by molar-refractivity contribution is 5.41. The van der Waals surface area contributed by atoms with Crippen molar-refractivity contribution in [2.24, 2.45) is 0 Å². The van der Waals surface area contributed by atoms with E-state index in [4.69, 9.17) is 0 Å². The minimum absolute atomic E-state index is 0.355. The van der Waals surface area contributed by atoms with Gasteiger partial charge in [0.05, 0.1) is 0 Å². The van der Waals surface area contributed by atoms with Crippen LogP contribution in [-0.2, 0) is 0 Å². The molecular formula is C11H20N6O2. The van der Waals surface area contributed by atoms with Crippen LogP contribution in [0.4, 0.5) is 17.8 Å². The summed E-state index contributed by atoms with van der Waals surface area (Å²) in [6, 6.07) is 0. The highest BCUT2D eigenvalue weighted by Gasteiger charge is 2.22. The van der Waals surface area contributed by atoms with Crippen molar-refractivity contribution >= 4 is 17.8 Å². The first-order chi connectivity index (χ1) is 9.07. The van der Waals surface area contributed by atoms with Crippen molar-refractivity contribution in [3.63, 3.8) is 0 Å². The Morgan fingerprint density at radius 2 is 1.26 bits per heavy atom. The Kier molecular flexibility index (Phi) is 5.40. The third kappa shape index (κ3) is 3.49. The third-order valence-corrected chi connectivity index (χ3v) is 2.86. The van der Waals surface area contributed by atoms with Crippen LogP contribution in [0.2, 0.25) is 0 Å². The number of aromatic nitrogens is 3. The van der Waals surface area contributed by atoms with Crippen LogP contribution in [0.15, 0.2) is 0 Å². The van der Waals surface area contributed by atoms with E-state index < -0.39 is 10.9 Å². The minimum Gasteiger partial charge on any atom is -0.390 e. The number of hydrogen-bond donors (Lipinski definition) is 0. The lowest BCUT2D eigenvalue weighted by molar-refractivity contribution is -0.394. The van der Waals surface area contributed by atoms with E-state index in [9.17, 15) is 10.1 Å². The van der Waals surface area contributed by atoms with E-state index in [1.807, 2.05) is 37.5 Å². The normalized spacial score (nSPS) is 10.3. The van der Waals surface area contributed by atoms with Crippen molar-refractivity contribution in [1.82, 2.24) is 15.0 Å². The van der Waals surface area contributed by atoms with Crippen LogP contribution in [0.5, 0.6) is 0 Å². The van der Waals surface area contributed by atoms with E-state index in [0.717, 1.165) is 0 Å². The summed E-state index contributed by atoms with van der Waals surface area (Å²) in [4.78, 5) is 26.2. The Bertz CT molecular complexity index is 401. The third-order valence-electron chi connectivity index (χ3n) is 2.86. The van der Waals surface area contributed by atoms with Gasteiger partial charge in [-0.15, -0.1) is 4.98 Å². The second-order valence-corrected chi connectivity index (χ2v) is 3.84. The Balaban J connectivity index is 3.28. The van der Waals surface area contributed by atoms with Crippen LogP contribution in [0.3, 0.4) is 0 Å². The fourth-order valence-electron chi connectivity index (χ4n) is 1.72. The highest BCUT2D eigenvalue weighted by Crippen LogP contribution is 2.17. The zero-order valence-electron chi connectivity index (χ0n) is 11.8. The minimum atomic E-state index is -0.582. The Labute approximate surface area is 112 Å². The van der Waals surface area contributed by atoms with Crippen molar-refractivity contribution in [3.05, 3.63) is 10.1 Å². The van der Waals surface area contributed by atoms with Crippen LogP contribution >= 0.6 is 0 Å². The van der Waals surface area contributed by atoms with Crippen molar-refractivity contribution in [2.75, 3.05) is 36.0 Å². The fraction of sp³-hybridized carbons (Fsp3) is 0.727. The molecule has 0 aliphatic heterocycles. The molecule has 8 nitrogen and oxygen atoms in total. The Morgan fingerprint density at radius 3 is 1.53 bits per heavy atom. The predicted molar refractivity (Wildman–Crippen MR) is 73.6 cm³/mol. The summed E-state index contributed by atoms with van der Waals surface area (Å²) in [6.07, 6.45) is 0. The molecule has 0 bridgehead atoms. The molecule has 0 spiro atoms. The van der Waals surface area contributed by atoms with E-state index in [-0.39, 0.29) is 0 Å². The van der Waals surface area contributed by atoms with Gasteiger partial charge in [-0.25, -0.2) is 0 Å². The van der Waals surface area contributed by atoms with Crippen LogP contribution in [-0.4, -0.2) is 46.1 Å². The highest BCUT2D eigenvalue weighted by atomic mass is 16.6. The van der Waals surface area contributed by atoms with Crippen molar-refractivity contribution in [1.29, 1.82) is 0 Å². The number of nitro groups is 1. The molecule has 0 unspecified atom stereocenters. The van der Waals surface area contributed by atoms with Crippen LogP contribution in [0.1, 0.15) is 27.7 Å². The van der Waals surface area contributed by atoms with Gasteiger partial charge in [0.15, 0.2) is 0 Å². The Hall–Kier alpha value is -1.99. The predicted octanol–water partition coefficient (Wildman–Crippen LogP) is 1.47. The lowest BCUT2D eigenvalue weighted by atomic mass is 10.5. The van der Waals surface area contributed by atoms with Crippen LogP contribution < -0.4 is 9.80 Å². The van der Waals surface area contributed by atoms with Crippen molar-refractivity contribution in [3.8, 4) is 0 Å². The molecule has 0 atom stereocenters. The van der Waals surface area contributed by atoms with Gasteiger partial charge in [0.2, 0.25) is 0 Å². The van der Waals surface area contributed by atoms with Crippen LogP contribution in [0, 0.1) is 10.1 Å². The van der Waals surface area contributed by atoms with Gasteiger partial charge < -0.3 is 19.9 Å². The molecule has 0 saturated carbocycles. The van der Waals surface area contributed by atoms with Gasteiger partial charge in [-0.2, -0.15) is 0 Å². The maximum absolute atomic E-state index is 10.9. The van der Waals surface area contributed by atoms with E-state index in [0.29, 0.717) is 38.1 Å². The Morgan fingerprint density at radius 1 is 0.895 bits per heavy atom. The first-order valence-corrected chi connectivity index (χ1v) is 6.47. The number of nitrogens with zero attached hydrogens (tertiary/aromatic N) is 6. The molecule has 0 fully saturated rings. The largest absolute Gasteiger partial charge is 0.475 e. The maximum Gasteiger partial charge on any atom is 0.475 e. The topological polar surface area (TPSA) is 88.3 Å². The van der Waals surface area contributed by atoms with Gasteiger partial charge in [-0.05, 0) is 42.6 Å². The number of rotatable bonds is 7. The molecule has 0 amide bonds. The summed E-state index contributed by atoms with van der Waals surface area (Å²) in [6.45, 7) is 10.6.